The average molecular weight is 541 g/mol. The summed E-state index contributed by atoms with van der Waals surface area (Å²) in [6, 6.07) is 13.7. The molecule has 0 saturated carbocycles. The first-order valence-electron chi connectivity index (χ1n) is 12.3. The molecule has 3 aromatic rings. The van der Waals surface area contributed by atoms with Crippen LogP contribution < -0.4 is 0 Å². The van der Waals surface area contributed by atoms with Gasteiger partial charge < -0.3 is 14.9 Å². The summed E-state index contributed by atoms with van der Waals surface area (Å²) >= 11 is 12.5. The van der Waals surface area contributed by atoms with E-state index in [1.807, 2.05) is 37.3 Å². The normalized spacial score (nSPS) is 17.2. The first-order valence-corrected chi connectivity index (χ1v) is 13.1. The first-order chi connectivity index (χ1) is 17.8. The zero-order valence-corrected chi connectivity index (χ0v) is 22.6. The Morgan fingerprint density at radius 2 is 1.76 bits per heavy atom. The first kappa shape index (κ1) is 26.9. The van der Waals surface area contributed by atoms with Crippen LogP contribution >= 0.6 is 23.2 Å². The van der Waals surface area contributed by atoms with E-state index in [9.17, 15) is 14.7 Å². The van der Waals surface area contributed by atoms with Gasteiger partial charge in [0.2, 0.25) is 0 Å². The van der Waals surface area contributed by atoms with Crippen LogP contribution in [0.1, 0.15) is 43.1 Å². The number of carbonyl (C=O) groups is 2. The number of amides is 1. The van der Waals surface area contributed by atoms with Crippen LogP contribution in [0.2, 0.25) is 10.0 Å². The average Bonchev–Trinajstić information content (AvgIpc) is 3.41. The third-order valence-corrected chi connectivity index (χ3v) is 7.57. The van der Waals surface area contributed by atoms with Gasteiger partial charge in [0.25, 0.3) is 11.7 Å². The fraction of sp³-hybridized carbons (Fsp3) is 0.321. The van der Waals surface area contributed by atoms with Crippen molar-refractivity contribution in [2.75, 3.05) is 26.2 Å². The molecule has 1 atom stereocenters. The molecule has 0 bridgehead atoms. The lowest BCUT2D eigenvalue weighted by molar-refractivity contribution is -0.140. The number of hydrogen-bond donors (Lipinski definition) is 1. The fourth-order valence-electron chi connectivity index (χ4n) is 4.76. The second-order valence-corrected chi connectivity index (χ2v) is 9.75. The van der Waals surface area contributed by atoms with Crippen molar-refractivity contribution in [2.45, 2.75) is 33.2 Å². The molecule has 194 valence electrons. The summed E-state index contributed by atoms with van der Waals surface area (Å²) in [6.07, 6.45) is 2.19. The summed E-state index contributed by atoms with van der Waals surface area (Å²) in [5.74, 6) is -1.64. The number of aliphatic hydroxyl groups is 1. The van der Waals surface area contributed by atoms with Gasteiger partial charge in [-0.15, -0.1) is 0 Å². The second-order valence-electron chi connectivity index (χ2n) is 8.94. The fourth-order valence-corrected chi connectivity index (χ4v) is 5.07. The minimum atomic E-state index is -0.800. The molecule has 1 amide bonds. The molecule has 7 nitrogen and oxygen atoms in total. The minimum absolute atomic E-state index is 0.0157. The second kappa shape index (κ2) is 11.5. The van der Waals surface area contributed by atoms with Crippen LogP contribution in [-0.2, 0) is 9.59 Å². The number of nitrogens with zero attached hydrogens (tertiary/aromatic N) is 4. The Bertz CT molecular complexity index is 1330. The predicted molar refractivity (Wildman–Crippen MR) is 146 cm³/mol. The van der Waals surface area contributed by atoms with Crippen molar-refractivity contribution in [1.82, 2.24) is 19.6 Å². The van der Waals surface area contributed by atoms with Crippen LogP contribution in [0.15, 0.2) is 60.3 Å². The third kappa shape index (κ3) is 5.30. The molecule has 37 heavy (non-hydrogen) atoms. The van der Waals surface area contributed by atoms with Crippen molar-refractivity contribution < 1.29 is 14.7 Å². The number of Topliss-reactive ketones (excluding diaryl/α,β-unsaturated/α-hetero) is 1. The highest BCUT2D eigenvalue weighted by atomic mass is 35.5. The van der Waals surface area contributed by atoms with Crippen LogP contribution in [0.4, 0.5) is 0 Å². The van der Waals surface area contributed by atoms with Gasteiger partial charge in [0.05, 0.1) is 44.8 Å². The van der Waals surface area contributed by atoms with Crippen molar-refractivity contribution in [1.29, 1.82) is 0 Å². The number of aromatic nitrogens is 2. The molecule has 1 fully saturated rings. The lowest BCUT2D eigenvalue weighted by atomic mass is 9.95. The molecular weight excluding hydrogens is 511 g/mol. The lowest BCUT2D eigenvalue weighted by Crippen LogP contribution is -2.33. The highest BCUT2D eigenvalue weighted by Crippen LogP contribution is 2.41. The third-order valence-electron chi connectivity index (χ3n) is 6.83. The van der Waals surface area contributed by atoms with E-state index in [2.05, 4.69) is 23.8 Å². The van der Waals surface area contributed by atoms with Crippen molar-refractivity contribution in [3.63, 3.8) is 0 Å². The molecule has 1 aromatic heterocycles. The van der Waals surface area contributed by atoms with E-state index in [-0.39, 0.29) is 11.3 Å². The SMILES string of the molecule is CCN(CC)CCCN1C(=O)C(=O)/C(=C(/O)c2cnn(-c3ccccc3)c2C)C1c1ccc(Cl)c(Cl)c1. The number of para-hydroxylation sites is 1. The van der Waals surface area contributed by atoms with Crippen LogP contribution in [0, 0.1) is 6.92 Å². The number of halogens is 2. The Hall–Kier alpha value is -3.13. The number of rotatable bonds is 9. The molecule has 9 heteroatoms. The summed E-state index contributed by atoms with van der Waals surface area (Å²) in [6.45, 7) is 8.92. The lowest BCUT2D eigenvalue weighted by Gasteiger charge is -2.27. The van der Waals surface area contributed by atoms with Crippen molar-refractivity contribution in [3.8, 4) is 5.69 Å². The van der Waals surface area contributed by atoms with Gasteiger partial charge >= 0.3 is 0 Å². The maximum atomic E-state index is 13.4. The Kier molecular flexibility index (Phi) is 8.37. The number of hydrogen-bond acceptors (Lipinski definition) is 5. The number of ketones is 1. The monoisotopic (exact) mass is 540 g/mol. The maximum absolute atomic E-state index is 13.4. The van der Waals surface area contributed by atoms with Gasteiger partial charge in [0, 0.05) is 6.54 Å². The largest absolute Gasteiger partial charge is 0.507 e. The Balaban J connectivity index is 1.79. The molecule has 1 aliphatic rings. The van der Waals surface area contributed by atoms with Crippen molar-refractivity contribution in [2.24, 2.45) is 0 Å². The highest BCUT2D eigenvalue weighted by Gasteiger charge is 2.46. The summed E-state index contributed by atoms with van der Waals surface area (Å²) < 4.78 is 1.68. The van der Waals surface area contributed by atoms with Gasteiger partial charge in [-0.3, -0.25) is 9.59 Å². The van der Waals surface area contributed by atoms with Gasteiger partial charge in [-0.05, 0) is 62.8 Å². The van der Waals surface area contributed by atoms with E-state index in [0.717, 1.165) is 25.3 Å². The summed E-state index contributed by atoms with van der Waals surface area (Å²) in [7, 11) is 0. The molecule has 1 saturated heterocycles. The molecule has 0 spiro atoms. The van der Waals surface area contributed by atoms with Crippen molar-refractivity contribution >= 4 is 40.7 Å². The molecular formula is C28H30Cl2N4O3. The van der Waals surface area contributed by atoms with E-state index in [0.29, 0.717) is 39.8 Å². The quantitative estimate of drug-likeness (QED) is 0.216. The molecule has 0 radical (unpaired) electrons. The molecule has 2 heterocycles. The Labute approximate surface area is 226 Å². The van der Waals surface area contributed by atoms with Gasteiger partial charge in [-0.1, -0.05) is 61.3 Å². The van der Waals surface area contributed by atoms with Crippen LogP contribution in [0.3, 0.4) is 0 Å². The zero-order valence-electron chi connectivity index (χ0n) is 21.1. The number of benzene rings is 2. The van der Waals surface area contributed by atoms with Gasteiger partial charge in [-0.25, -0.2) is 4.68 Å². The highest BCUT2D eigenvalue weighted by molar-refractivity contribution is 6.46. The maximum Gasteiger partial charge on any atom is 0.295 e. The van der Waals surface area contributed by atoms with Crippen molar-refractivity contribution in [3.05, 3.63) is 87.2 Å². The molecule has 2 aromatic carbocycles. The topological polar surface area (TPSA) is 78.7 Å². The molecule has 0 aliphatic carbocycles. The minimum Gasteiger partial charge on any atom is -0.507 e. The Morgan fingerprint density at radius 1 is 1.05 bits per heavy atom. The van der Waals surface area contributed by atoms with E-state index in [4.69, 9.17) is 23.2 Å². The smallest absolute Gasteiger partial charge is 0.295 e. The van der Waals surface area contributed by atoms with E-state index >= 15 is 0 Å². The number of carbonyl (C=O) groups excluding carboxylic acids is 2. The molecule has 1 unspecified atom stereocenters. The molecule has 4 rings (SSSR count). The van der Waals surface area contributed by atoms with E-state index in [1.165, 1.54) is 11.1 Å². The number of aliphatic hydroxyl groups excluding tert-OH is 1. The van der Waals surface area contributed by atoms with Crippen LogP contribution in [0.5, 0.6) is 0 Å². The molecule has 1 aliphatic heterocycles. The van der Waals surface area contributed by atoms with Crippen LogP contribution in [0.25, 0.3) is 11.4 Å². The summed E-state index contributed by atoms with van der Waals surface area (Å²) in [4.78, 5) is 30.4. The summed E-state index contributed by atoms with van der Waals surface area (Å²) in [5.41, 5.74) is 2.46. The molecule has 1 N–H and O–H groups in total. The standard InChI is InChI=1S/C28H30Cl2N4O3/c1-4-32(5-2)14-9-15-33-25(19-12-13-22(29)23(30)16-19)24(27(36)28(33)37)26(35)21-17-31-34(18(21)3)20-10-7-6-8-11-20/h6-8,10-13,16-17,25,35H,4-5,9,14-15H2,1-3H3/b26-24+. The van der Waals surface area contributed by atoms with Gasteiger partial charge in [-0.2, -0.15) is 5.10 Å². The Morgan fingerprint density at radius 3 is 2.41 bits per heavy atom. The van der Waals surface area contributed by atoms with E-state index < -0.39 is 17.7 Å². The summed E-state index contributed by atoms with van der Waals surface area (Å²) in [5, 5.41) is 16.6. The van der Waals surface area contributed by atoms with Gasteiger partial charge in [0.1, 0.15) is 5.76 Å². The van der Waals surface area contributed by atoms with Crippen LogP contribution in [-0.4, -0.2) is 62.6 Å². The number of likely N-dealkylation sites (tertiary alicyclic amines) is 1. The zero-order chi connectivity index (χ0) is 26.7. The van der Waals surface area contributed by atoms with E-state index in [1.54, 1.807) is 22.9 Å². The predicted octanol–water partition coefficient (Wildman–Crippen LogP) is 5.64. The van der Waals surface area contributed by atoms with Gasteiger partial charge in [0.15, 0.2) is 0 Å².